The van der Waals surface area contributed by atoms with Crippen LogP contribution in [0.15, 0.2) is 49.1 Å². The van der Waals surface area contributed by atoms with E-state index >= 15 is 0 Å². The van der Waals surface area contributed by atoms with E-state index in [1.165, 1.54) is 0 Å². The van der Waals surface area contributed by atoms with Crippen LogP contribution in [0.3, 0.4) is 0 Å². The first-order chi connectivity index (χ1) is 7.68. The first-order valence-corrected chi connectivity index (χ1v) is 5.20. The lowest BCUT2D eigenvalue weighted by Crippen LogP contribution is -2.24. The van der Waals surface area contributed by atoms with E-state index in [1.54, 1.807) is 24.8 Å². The fraction of sp³-hybridized carbons (Fsp3) is 0.231. The Hall–Kier alpha value is -1.74. The molecule has 2 aromatic rings. The molecule has 0 fully saturated rings. The smallest absolute Gasteiger partial charge is 0.0909 e. The van der Waals surface area contributed by atoms with E-state index in [0.717, 1.165) is 11.1 Å². The zero-order valence-electron chi connectivity index (χ0n) is 9.17. The van der Waals surface area contributed by atoms with Crippen molar-refractivity contribution in [2.75, 3.05) is 0 Å². The second-order valence-corrected chi connectivity index (χ2v) is 4.04. The van der Waals surface area contributed by atoms with Gasteiger partial charge in [-0.2, -0.15) is 0 Å². The van der Waals surface area contributed by atoms with Crippen LogP contribution in [-0.2, 0) is 12.0 Å². The monoisotopic (exact) mass is 214 g/mol. The third-order valence-electron chi connectivity index (χ3n) is 2.60. The van der Waals surface area contributed by atoms with Gasteiger partial charge in [0.1, 0.15) is 0 Å². The van der Waals surface area contributed by atoms with Gasteiger partial charge >= 0.3 is 0 Å². The van der Waals surface area contributed by atoms with Crippen LogP contribution in [0, 0.1) is 0 Å². The maximum atomic E-state index is 10.4. The van der Waals surface area contributed by atoms with Gasteiger partial charge in [-0.05, 0) is 42.3 Å². The zero-order chi connectivity index (χ0) is 11.4. The van der Waals surface area contributed by atoms with Gasteiger partial charge in [-0.15, -0.1) is 0 Å². The van der Waals surface area contributed by atoms with Gasteiger partial charge in [-0.3, -0.25) is 9.97 Å². The topological polar surface area (TPSA) is 46.0 Å². The molecule has 0 unspecified atom stereocenters. The molecule has 2 rings (SSSR count). The summed E-state index contributed by atoms with van der Waals surface area (Å²) in [6.45, 7) is 1.81. The molecule has 2 aromatic heterocycles. The Morgan fingerprint density at radius 2 is 1.50 bits per heavy atom. The summed E-state index contributed by atoms with van der Waals surface area (Å²) in [5.41, 5.74) is 1.07. The molecule has 16 heavy (non-hydrogen) atoms. The predicted octanol–water partition coefficient (Wildman–Crippen LogP) is 1.93. The van der Waals surface area contributed by atoms with E-state index in [4.69, 9.17) is 0 Å². The molecule has 0 radical (unpaired) electrons. The number of aromatic nitrogens is 2. The average molecular weight is 214 g/mol. The van der Waals surface area contributed by atoms with Crippen LogP contribution in [0.1, 0.15) is 18.1 Å². The van der Waals surface area contributed by atoms with E-state index in [1.807, 2.05) is 31.2 Å². The highest BCUT2D eigenvalue weighted by atomic mass is 16.3. The Labute approximate surface area is 94.8 Å². The number of pyridine rings is 2. The van der Waals surface area contributed by atoms with Gasteiger partial charge in [-0.1, -0.05) is 0 Å². The predicted molar refractivity (Wildman–Crippen MR) is 61.7 cm³/mol. The van der Waals surface area contributed by atoms with Crippen molar-refractivity contribution in [1.82, 2.24) is 9.97 Å². The second kappa shape index (κ2) is 4.41. The summed E-state index contributed by atoms with van der Waals surface area (Å²) in [5, 5.41) is 10.4. The Balaban J connectivity index is 2.21. The number of hydrogen-bond acceptors (Lipinski definition) is 3. The fourth-order valence-corrected chi connectivity index (χ4v) is 1.71. The van der Waals surface area contributed by atoms with Crippen LogP contribution in [0.25, 0.3) is 0 Å². The van der Waals surface area contributed by atoms with Crippen molar-refractivity contribution in [2.24, 2.45) is 0 Å². The minimum Gasteiger partial charge on any atom is -0.385 e. The van der Waals surface area contributed by atoms with Gasteiger partial charge in [0.15, 0.2) is 0 Å². The summed E-state index contributed by atoms with van der Waals surface area (Å²) in [6, 6.07) is 7.49. The number of nitrogens with zero attached hydrogens (tertiary/aromatic N) is 2. The Morgan fingerprint density at radius 1 is 1.00 bits per heavy atom. The molecule has 82 valence electrons. The maximum Gasteiger partial charge on any atom is 0.0909 e. The van der Waals surface area contributed by atoms with Gasteiger partial charge in [0.05, 0.1) is 5.60 Å². The van der Waals surface area contributed by atoms with Crippen molar-refractivity contribution >= 4 is 0 Å². The van der Waals surface area contributed by atoms with Gasteiger partial charge in [0.25, 0.3) is 0 Å². The fourth-order valence-electron chi connectivity index (χ4n) is 1.71. The lowest BCUT2D eigenvalue weighted by Gasteiger charge is -2.23. The molecular formula is C13H14N2O. The molecule has 0 saturated heterocycles. The summed E-state index contributed by atoms with van der Waals surface area (Å²) < 4.78 is 0. The van der Waals surface area contributed by atoms with Crippen molar-refractivity contribution in [1.29, 1.82) is 0 Å². The lowest BCUT2D eigenvalue weighted by molar-refractivity contribution is 0.0575. The second-order valence-electron chi connectivity index (χ2n) is 4.04. The van der Waals surface area contributed by atoms with E-state index in [9.17, 15) is 5.11 Å². The normalized spacial score (nSPS) is 14.4. The van der Waals surface area contributed by atoms with Crippen LogP contribution in [0.5, 0.6) is 0 Å². The van der Waals surface area contributed by atoms with E-state index in [-0.39, 0.29) is 0 Å². The quantitative estimate of drug-likeness (QED) is 0.849. The largest absolute Gasteiger partial charge is 0.385 e. The van der Waals surface area contributed by atoms with Crippen molar-refractivity contribution in [3.05, 3.63) is 60.2 Å². The van der Waals surface area contributed by atoms with Crippen LogP contribution in [0.4, 0.5) is 0 Å². The van der Waals surface area contributed by atoms with Crippen LogP contribution in [0.2, 0.25) is 0 Å². The molecule has 0 aliphatic rings. The highest BCUT2D eigenvalue weighted by molar-refractivity contribution is 5.22. The molecule has 0 aliphatic carbocycles. The zero-order valence-corrected chi connectivity index (χ0v) is 9.17. The SMILES string of the molecule is C[C@](O)(Cc1ccncc1)c1ccncc1. The Bertz CT molecular complexity index is 440. The third kappa shape index (κ3) is 2.44. The molecule has 0 saturated carbocycles. The molecule has 0 spiro atoms. The molecule has 3 nitrogen and oxygen atoms in total. The Kier molecular flexibility index (Phi) is 2.97. The van der Waals surface area contributed by atoms with E-state index < -0.39 is 5.60 Å². The van der Waals surface area contributed by atoms with Crippen molar-refractivity contribution < 1.29 is 5.11 Å². The number of rotatable bonds is 3. The van der Waals surface area contributed by atoms with Crippen LogP contribution >= 0.6 is 0 Å². The van der Waals surface area contributed by atoms with Crippen molar-refractivity contribution in [2.45, 2.75) is 18.9 Å². The molecule has 1 atom stereocenters. The maximum absolute atomic E-state index is 10.4. The average Bonchev–Trinajstić information content (AvgIpc) is 2.31. The highest BCUT2D eigenvalue weighted by Gasteiger charge is 2.23. The first-order valence-electron chi connectivity index (χ1n) is 5.20. The van der Waals surface area contributed by atoms with E-state index in [2.05, 4.69) is 9.97 Å². The van der Waals surface area contributed by atoms with Crippen LogP contribution in [-0.4, -0.2) is 15.1 Å². The molecular weight excluding hydrogens is 200 g/mol. The number of hydrogen-bond donors (Lipinski definition) is 1. The standard InChI is InChI=1S/C13H14N2O/c1-13(16,12-4-8-15-9-5-12)10-11-2-6-14-7-3-11/h2-9,16H,10H2,1H3/t13-/m0/s1. The molecule has 0 aliphatic heterocycles. The molecule has 0 bridgehead atoms. The van der Waals surface area contributed by atoms with Gasteiger partial charge in [0, 0.05) is 31.2 Å². The highest BCUT2D eigenvalue weighted by Crippen LogP contribution is 2.24. The van der Waals surface area contributed by atoms with Crippen molar-refractivity contribution in [3.8, 4) is 0 Å². The first kappa shape index (κ1) is 10.8. The number of aliphatic hydroxyl groups is 1. The molecule has 0 amide bonds. The van der Waals surface area contributed by atoms with E-state index in [0.29, 0.717) is 6.42 Å². The summed E-state index contributed by atoms with van der Waals surface area (Å²) in [4.78, 5) is 7.90. The minimum atomic E-state index is -0.871. The van der Waals surface area contributed by atoms with Gasteiger partial charge < -0.3 is 5.11 Å². The van der Waals surface area contributed by atoms with Crippen molar-refractivity contribution in [3.63, 3.8) is 0 Å². The summed E-state index contributed by atoms with van der Waals surface area (Å²) in [6.07, 6.45) is 7.42. The minimum absolute atomic E-state index is 0.569. The summed E-state index contributed by atoms with van der Waals surface area (Å²) >= 11 is 0. The lowest BCUT2D eigenvalue weighted by atomic mass is 9.90. The van der Waals surface area contributed by atoms with Gasteiger partial charge in [0.2, 0.25) is 0 Å². The molecule has 1 N–H and O–H groups in total. The molecule has 2 heterocycles. The summed E-state index contributed by atoms with van der Waals surface area (Å²) in [5.74, 6) is 0. The molecule has 0 aromatic carbocycles. The molecule has 3 heteroatoms. The van der Waals surface area contributed by atoms with Gasteiger partial charge in [-0.25, -0.2) is 0 Å². The summed E-state index contributed by atoms with van der Waals surface area (Å²) in [7, 11) is 0. The van der Waals surface area contributed by atoms with Crippen LogP contribution < -0.4 is 0 Å². The Morgan fingerprint density at radius 3 is 2.06 bits per heavy atom. The third-order valence-corrected chi connectivity index (χ3v) is 2.60.